The molecule has 0 spiro atoms. The first-order valence-corrected chi connectivity index (χ1v) is 5.64. The SMILES string of the molecule is CCCN(CCC)C(CC)CCO. The van der Waals surface area contributed by atoms with Crippen LogP contribution in [0.2, 0.25) is 0 Å². The molecule has 0 amide bonds. The van der Waals surface area contributed by atoms with Crippen LogP contribution >= 0.6 is 0 Å². The lowest BCUT2D eigenvalue weighted by atomic mass is 10.1. The number of aliphatic hydroxyl groups is 1. The summed E-state index contributed by atoms with van der Waals surface area (Å²) in [5.41, 5.74) is 0. The van der Waals surface area contributed by atoms with Gasteiger partial charge in [0.25, 0.3) is 0 Å². The van der Waals surface area contributed by atoms with Crippen LogP contribution in [0.15, 0.2) is 0 Å². The van der Waals surface area contributed by atoms with Crippen molar-refractivity contribution < 1.29 is 5.11 Å². The fraction of sp³-hybridized carbons (Fsp3) is 1.00. The summed E-state index contributed by atoms with van der Waals surface area (Å²) in [6, 6.07) is 0.588. The van der Waals surface area contributed by atoms with E-state index in [1.54, 1.807) is 0 Å². The van der Waals surface area contributed by atoms with Gasteiger partial charge in [-0.25, -0.2) is 0 Å². The molecule has 0 saturated heterocycles. The third-order valence-electron chi connectivity index (χ3n) is 2.47. The highest BCUT2D eigenvalue weighted by Gasteiger charge is 2.13. The molecule has 0 rings (SSSR count). The monoisotopic (exact) mass is 187 g/mol. The van der Waals surface area contributed by atoms with E-state index in [1.807, 2.05) is 0 Å². The van der Waals surface area contributed by atoms with Crippen molar-refractivity contribution in [1.29, 1.82) is 0 Å². The molecule has 1 atom stereocenters. The molecule has 2 nitrogen and oxygen atoms in total. The lowest BCUT2D eigenvalue weighted by Gasteiger charge is -2.30. The van der Waals surface area contributed by atoms with Gasteiger partial charge in [0.05, 0.1) is 0 Å². The minimum Gasteiger partial charge on any atom is -0.396 e. The third kappa shape index (κ3) is 5.27. The third-order valence-corrected chi connectivity index (χ3v) is 2.47. The minimum absolute atomic E-state index is 0.322. The minimum atomic E-state index is 0.322. The summed E-state index contributed by atoms with van der Waals surface area (Å²) in [6.45, 7) is 9.31. The predicted molar refractivity (Wildman–Crippen MR) is 57.9 cm³/mol. The molecular weight excluding hydrogens is 162 g/mol. The van der Waals surface area contributed by atoms with Crippen LogP contribution in [-0.2, 0) is 0 Å². The van der Waals surface area contributed by atoms with Crippen molar-refractivity contribution in [2.75, 3.05) is 19.7 Å². The van der Waals surface area contributed by atoms with Gasteiger partial charge in [0, 0.05) is 12.6 Å². The second kappa shape index (κ2) is 8.52. The quantitative estimate of drug-likeness (QED) is 0.630. The normalized spacial score (nSPS) is 13.6. The molecule has 0 saturated carbocycles. The van der Waals surface area contributed by atoms with Crippen molar-refractivity contribution in [3.63, 3.8) is 0 Å². The van der Waals surface area contributed by atoms with E-state index in [9.17, 15) is 0 Å². The van der Waals surface area contributed by atoms with E-state index >= 15 is 0 Å². The van der Waals surface area contributed by atoms with Gasteiger partial charge in [-0.15, -0.1) is 0 Å². The Hall–Kier alpha value is -0.0800. The van der Waals surface area contributed by atoms with Crippen molar-refractivity contribution in [2.24, 2.45) is 0 Å². The van der Waals surface area contributed by atoms with Gasteiger partial charge in [-0.2, -0.15) is 0 Å². The van der Waals surface area contributed by atoms with Crippen LogP contribution < -0.4 is 0 Å². The molecule has 0 radical (unpaired) electrons. The first-order valence-electron chi connectivity index (χ1n) is 5.64. The van der Waals surface area contributed by atoms with Crippen LogP contribution in [-0.4, -0.2) is 35.7 Å². The molecular formula is C11H25NO. The van der Waals surface area contributed by atoms with E-state index in [0.717, 1.165) is 12.8 Å². The molecule has 0 aromatic heterocycles. The van der Waals surface area contributed by atoms with E-state index < -0.39 is 0 Å². The summed E-state index contributed by atoms with van der Waals surface area (Å²) < 4.78 is 0. The largest absolute Gasteiger partial charge is 0.396 e. The van der Waals surface area contributed by atoms with Crippen molar-refractivity contribution in [2.45, 2.75) is 52.5 Å². The van der Waals surface area contributed by atoms with E-state index in [-0.39, 0.29) is 0 Å². The van der Waals surface area contributed by atoms with Gasteiger partial charge in [-0.3, -0.25) is 0 Å². The lowest BCUT2D eigenvalue weighted by molar-refractivity contribution is 0.152. The number of aliphatic hydroxyl groups excluding tert-OH is 1. The van der Waals surface area contributed by atoms with Gasteiger partial charge in [0.2, 0.25) is 0 Å². The number of hydrogen-bond acceptors (Lipinski definition) is 2. The van der Waals surface area contributed by atoms with Crippen molar-refractivity contribution >= 4 is 0 Å². The maximum Gasteiger partial charge on any atom is 0.0445 e. The zero-order chi connectivity index (χ0) is 10.1. The van der Waals surface area contributed by atoms with Crippen LogP contribution in [0, 0.1) is 0 Å². The Balaban J connectivity index is 3.94. The molecule has 0 fully saturated rings. The Kier molecular flexibility index (Phi) is 8.46. The molecule has 2 heteroatoms. The average molecular weight is 187 g/mol. The number of rotatable bonds is 8. The number of nitrogens with zero attached hydrogens (tertiary/aromatic N) is 1. The Morgan fingerprint density at radius 3 is 1.92 bits per heavy atom. The molecule has 0 aromatic rings. The van der Waals surface area contributed by atoms with Crippen molar-refractivity contribution in [3.8, 4) is 0 Å². The zero-order valence-corrected chi connectivity index (χ0v) is 9.42. The Morgan fingerprint density at radius 2 is 1.62 bits per heavy atom. The fourth-order valence-electron chi connectivity index (χ4n) is 1.85. The summed E-state index contributed by atoms with van der Waals surface area (Å²) in [4.78, 5) is 2.51. The molecule has 1 N–H and O–H groups in total. The van der Waals surface area contributed by atoms with E-state index in [0.29, 0.717) is 12.6 Å². The van der Waals surface area contributed by atoms with E-state index in [2.05, 4.69) is 25.7 Å². The average Bonchev–Trinajstić information content (AvgIpc) is 2.14. The number of hydrogen-bond donors (Lipinski definition) is 1. The van der Waals surface area contributed by atoms with Gasteiger partial charge in [0.15, 0.2) is 0 Å². The summed E-state index contributed by atoms with van der Waals surface area (Å²) in [6.07, 6.45) is 4.50. The maximum absolute atomic E-state index is 8.93. The fourth-order valence-corrected chi connectivity index (χ4v) is 1.85. The molecule has 0 aliphatic heterocycles. The van der Waals surface area contributed by atoms with Gasteiger partial charge in [-0.1, -0.05) is 20.8 Å². The topological polar surface area (TPSA) is 23.5 Å². The maximum atomic E-state index is 8.93. The van der Waals surface area contributed by atoms with Gasteiger partial charge < -0.3 is 10.0 Å². The van der Waals surface area contributed by atoms with E-state index in [4.69, 9.17) is 5.11 Å². The summed E-state index contributed by atoms with van der Waals surface area (Å²) in [5.74, 6) is 0. The van der Waals surface area contributed by atoms with Crippen LogP contribution in [0.3, 0.4) is 0 Å². The van der Waals surface area contributed by atoms with Crippen LogP contribution in [0.25, 0.3) is 0 Å². The van der Waals surface area contributed by atoms with Crippen LogP contribution in [0.4, 0.5) is 0 Å². The molecule has 0 bridgehead atoms. The highest BCUT2D eigenvalue weighted by molar-refractivity contribution is 4.69. The molecule has 0 aromatic carbocycles. The summed E-state index contributed by atoms with van der Waals surface area (Å²) >= 11 is 0. The lowest BCUT2D eigenvalue weighted by Crippen LogP contribution is -2.36. The molecule has 0 aliphatic carbocycles. The predicted octanol–water partition coefficient (Wildman–Crippen LogP) is 2.27. The summed E-state index contributed by atoms with van der Waals surface area (Å²) in [7, 11) is 0. The zero-order valence-electron chi connectivity index (χ0n) is 9.42. The second-order valence-corrected chi connectivity index (χ2v) is 3.61. The smallest absolute Gasteiger partial charge is 0.0445 e. The molecule has 13 heavy (non-hydrogen) atoms. The van der Waals surface area contributed by atoms with Crippen molar-refractivity contribution in [3.05, 3.63) is 0 Å². The Bertz CT molecular complexity index is 100. The molecule has 0 heterocycles. The molecule has 80 valence electrons. The van der Waals surface area contributed by atoms with Crippen LogP contribution in [0.1, 0.15) is 46.5 Å². The standard InChI is InChI=1S/C11H25NO/c1-4-8-12(9-5-2)11(6-3)7-10-13/h11,13H,4-10H2,1-3H3. The van der Waals surface area contributed by atoms with Gasteiger partial charge in [-0.05, 0) is 38.8 Å². The Morgan fingerprint density at radius 1 is 1.08 bits per heavy atom. The second-order valence-electron chi connectivity index (χ2n) is 3.61. The molecule has 0 aliphatic rings. The van der Waals surface area contributed by atoms with Gasteiger partial charge >= 0.3 is 0 Å². The van der Waals surface area contributed by atoms with Gasteiger partial charge in [0.1, 0.15) is 0 Å². The highest BCUT2D eigenvalue weighted by atomic mass is 16.3. The Labute approximate surface area is 82.9 Å². The highest BCUT2D eigenvalue weighted by Crippen LogP contribution is 2.09. The van der Waals surface area contributed by atoms with E-state index in [1.165, 1.54) is 25.9 Å². The molecule has 1 unspecified atom stereocenters. The first-order chi connectivity index (χ1) is 6.29. The van der Waals surface area contributed by atoms with Crippen LogP contribution in [0.5, 0.6) is 0 Å². The summed E-state index contributed by atoms with van der Waals surface area (Å²) in [5, 5.41) is 8.93. The first kappa shape index (κ1) is 12.9. The van der Waals surface area contributed by atoms with Crippen molar-refractivity contribution in [1.82, 2.24) is 4.90 Å².